The van der Waals surface area contributed by atoms with E-state index in [9.17, 15) is 15.0 Å². The Bertz CT molecular complexity index is 376. The van der Waals surface area contributed by atoms with Gasteiger partial charge in [0.2, 0.25) is 0 Å². The van der Waals surface area contributed by atoms with Gasteiger partial charge in [0.25, 0.3) is 0 Å². The number of aromatic hydroxyl groups is 2. The highest BCUT2D eigenvalue weighted by molar-refractivity contribution is 5.99. The lowest BCUT2D eigenvalue weighted by molar-refractivity contribution is 0.101. The normalized spacial score (nSPS) is 10.3. The van der Waals surface area contributed by atoms with Crippen LogP contribution >= 0.6 is 0 Å². The minimum atomic E-state index is -0.238. The summed E-state index contributed by atoms with van der Waals surface area (Å²) in [5, 5.41) is 19.4. The van der Waals surface area contributed by atoms with Gasteiger partial charge in [-0.1, -0.05) is 0 Å². The molecule has 0 heterocycles. The predicted molar refractivity (Wildman–Crippen MR) is 54.0 cm³/mol. The van der Waals surface area contributed by atoms with Gasteiger partial charge in [-0.15, -0.1) is 0 Å². The largest absolute Gasteiger partial charge is 0.507 e. The first-order valence-electron chi connectivity index (χ1n) is 4.40. The lowest BCUT2D eigenvalue weighted by atomic mass is 9.95. The van der Waals surface area contributed by atoms with Crippen molar-refractivity contribution < 1.29 is 15.0 Å². The molecule has 0 atom stereocenters. The molecule has 2 N–H and O–H groups in total. The molecule has 0 spiro atoms. The summed E-state index contributed by atoms with van der Waals surface area (Å²) in [6.45, 7) is 6.38. The molecule has 0 saturated heterocycles. The van der Waals surface area contributed by atoms with E-state index in [2.05, 4.69) is 0 Å². The lowest BCUT2D eigenvalue weighted by Gasteiger charge is -2.13. The maximum atomic E-state index is 11.2. The molecule has 0 aromatic heterocycles. The van der Waals surface area contributed by atoms with Crippen LogP contribution in [-0.2, 0) is 0 Å². The molecule has 76 valence electrons. The smallest absolute Gasteiger partial charge is 0.163 e. The van der Waals surface area contributed by atoms with E-state index in [1.165, 1.54) is 6.92 Å². The Labute approximate surface area is 83.0 Å². The van der Waals surface area contributed by atoms with Gasteiger partial charge in [-0.2, -0.15) is 0 Å². The fourth-order valence-electron chi connectivity index (χ4n) is 1.55. The number of hydrogen-bond donors (Lipinski definition) is 2. The summed E-state index contributed by atoms with van der Waals surface area (Å²) in [6, 6.07) is 0. The molecule has 0 radical (unpaired) electrons. The number of carbonyl (C=O) groups is 1. The molecule has 0 aliphatic rings. The van der Waals surface area contributed by atoms with Gasteiger partial charge in [-0.3, -0.25) is 4.79 Å². The van der Waals surface area contributed by atoms with Crippen molar-refractivity contribution in [1.29, 1.82) is 0 Å². The molecule has 1 aromatic rings. The average molecular weight is 194 g/mol. The molecule has 3 nitrogen and oxygen atoms in total. The number of carbonyl (C=O) groups excluding carboxylic acids is 1. The van der Waals surface area contributed by atoms with Crippen molar-refractivity contribution in [3.8, 4) is 11.5 Å². The summed E-state index contributed by atoms with van der Waals surface area (Å²) in [6.07, 6.45) is 0. The lowest BCUT2D eigenvalue weighted by Crippen LogP contribution is -2.00. The van der Waals surface area contributed by atoms with Crippen LogP contribution in [0.5, 0.6) is 11.5 Å². The van der Waals surface area contributed by atoms with Crippen molar-refractivity contribution in [2.45, 2.75) is 27.7 Å². The van der Waals surface area contributed by atoms with Gasteiger partial charge in [0.05, 0.1) is 5.56 Å². The molecule has 1 rings (SSSR count). The van der Waals surface area contributed by atoms with Crippen molar-refractivity contribution in [3.05, 3.63) is 22.3 Å². The van der Waals surface area contributed by atoms with Crippen molar-refractivity contribution in [1.82, 2.24) is 0 Å². The Morgan fingerprint density at radius 1 is 0.929 bits per heavy atom. The molecule has 0 amide bonds. The third-order valence-corrected chi connectivity index (χ3v) is 2.59. The first-order valence-corrected chi connectivity index (χ1v) is 4.40. The molecule has 14 heavy (non-hydrogen) atoms. The number of ketones is 1. The summed E-state index contributed by atoms with van der Waals surface area (Å²) in [5.41, 5.74) is 1.83. The van der Waals surface area contributed by atoms with Gasteiger partial charge in [0.1, 0.15) is 11.5 Å². The number of hydrogen-bond acceptors (Lipinski definition) is 3. The molecule has 0 aliphatic carbocycles. The fraction of sp³-hybridized carbons (Fsp3) is 0.364. The minimum absolute atomic E-state index is 0.0229. The highest BCUT2D eigenvalue weighted by atomic mass is 16.3. The second-order valence-corrected chi connectivity index (χ2v) is 3.50. The van der Waals surface area contributed by atoms with Gasteiger partial charge >= 0.3 is 0 Å². The average Bonchev–Trinajstić information content (AvgIpc) is 2.11. The van der Waals surface area contributed by atoms with Crippen molar-refractivity contribution in [2.75, 3.05) is 0 Å². The van der Waals surface area contributed by atoms with E-state index in [1.54, 1.807) is 20.8 Å². The van der Waals surface area contributed by atoms with E-state index >= 15 is 0 Å². The Morgan fingerprint density at radius 3 is 1.79 bits per heavy atom. The van der Waals surface area contributed by atoms with Crippen LogP contribution in [0.1, 0.15) is 34.0 Å². The van der Waals surface area contributed by atoms with Crippen LogP contribution in [0, 0.1) is 20.8 Å². The Kier molecular flexibility index (Phi) is 2.51. The van der Waals surface area contributed by atoms with E-state index in [-0.39, 0.29) is 22.8 Å². The van der Waals surface area contributed by atoms with Crippen LogP contribution in [0.3, 0.4) is 0 Å². The van der Waals surface area contributed by atoms with Gasteiger partial charge < -0.3 is 10.2 Å². The van der Waals surface area contributed by atoms with Crippen molar-refractivity contribution >= 4 is 5.78 Å². The molecular weight excluding hydrogens is 180 g/mol. The Balaban J connectivity index is 3.68. The number of phenols is 2. The van der Waals surface area contributed by atoms with E-state index < -0.39 is 0 Å². The molecular formula is C11H14O3. The zero-order valence-corrected chi connectivity index (χ0v) is 8.80. The summed E-state index contributed by atoms with van der Waals surface area (Å²) in [5.74, 6) is -0.172. The number of phenolic OH excluding ortho intramolecular Hbond substituents is 2. The van der Waals surface area contributed by atoms with Crippen LogP contribution in [0.4, 0.5) is 0 Å². The molecule has 0 aliphatic heterocycles. The first-order chi connectivity index (χ1) is 6.37. The SMILES string of the molecule is CC(=O)c1c(C)c(O)c(C)c(C)c1O. The zero-order valence-electron chi connectivity index (χ0n) is 8.80. The zero-order chi connectivity index (χ0) is 11.0. The monoisotopic (exact) mass is 194 g/mol. The van der Waals surface area contributed by atoms with E-state index in [4.69, 9.17) is 0 Å². The Hall–Kier alpha value is -1.51. The van der Waals surface area contributed by atoms with E-state index in [0.717, 1.165) is 0 Å². The molecule has 0 unspecified atom stereocenters. The summed E-state index contributed by atoms with van der Waals surface area (Å²) < 4.78 is 0. The van der Waals surface area contributed by atoms with E-state index in [0.29, 0.717) is 16.7 Å². The first kappa shape index (κ1) is 10.6. The van der Waals surface area contributed by atoms with Gasteiger partial charge in [-0.05, 0) is 38.8 Å². The third kappa shape index (κ3) is 1.35. The van der Waals surface area contributed by atoms with Crippen LogP contribution in [-0.4, -0.2) is 16.0 Å². The van der Waals surface area contributed by atoms with E-state index in [1.807, 2.05) is 0 Å². The number of rotatable bonds is 1. The van der Waals surface area contributed by atoms with Crippen LogP contribution in [0.25, 0.3) is 0 Å². The summed E-state index contributed by atoms with van der Waals surface area (Å²) in [4.78, 5) is 11.2. The minimum Gasteiger partial charge on any atom is -0.507 e. The predicted octanol–water partition coefficient (Wildman–Crippen LogP) is 2.23. The van der Waals surface area contributed by atoms with Crippen LogP contribution < -0.4 is 0 Å². The summed E-state index contributed by atoms with van der Waals surface area (Å²) >= 11 is 0. The van der Waals surface area contributed by atoms with Gasteiger partial charge in [0, 0.05) is 5.56 Å². The second kappa shape index (κ2) is 3.33. The fourth-order valence-corrected chi connectivity index (χ4v) is 1.55. The molecule has 0 saturated carbocycles. The summed E-state index contributed by atoms with van der Waals surface area (Å²) in [7, 11) is 0. The Morgan fingerprint density at radius 2 is 1.36 bits per heavy atom. The highest BCUT2D eigenvalue weighted by Gasteiger charge is 2.18. The number of Topliss-reactive ketones (excluding diaryl/α,β-unsaturated/α-hetero) is 1. The third-order valence-electron chi connectivity index (χ3n) is 2.59. The van der Waals surface area contributed by atoms with Crippen molar-refractivity contribution in [3.63, 3.8) is 0 Å². The van der Waals surface area contributed by atoms with Gasteiger partial charge in [-0.25, -0.2) is 0 Å². The van der Waals surface area contributed by atoms with Gasteiger partial charge in [0.15, 0.2) is 5.78 Å². The maximum absolute atomic E-state index is 11.2. The number of benzene rings is 1. The maximum Gasteiger partial charge on any atom is 0.163 e. The molecule has 0 fully saturated rings. The molecule has 1 aromatic carbocycles. The van der Waals surface area contributed by atoms with Crippen molar-refractivity contribution in [2.24, 2.45) is 0 Å². The highest BCUT2D eigenvalue weighted by Crippen LogP contribution is 2.36. The quantitative estimate of drug-likeness (QED) is 0.532. The molecule has 0 bridgehead atoms. The standard InChI is InChI=1S/C11H14O3/c1-5-6(2)11(14)9(8(4)12)7(3)10(5)13/h13-14H,1-4H3. The topological polar surface area (TPSA) is 57.5 Å². The molecule has 3 heteroatoms. The van der Waals surface area contributed by atoms with Crippen LogP contribution in [0.15, 0.2) is 0 Å². The van der Waals surface area contributed by atoms with Crippen LogP contribution in [0.2, 0.25) is 0 Å². The second-order valence-electron chi connectivity index (χ2n) is 3.50.